The van der Waals surface area contributed by atoms with Crippen LogP contribution in [0.2, 0.25) is 5.02 Å². The molecule has 0 spiro atoms. The van der Waals surface area contributed by atoms with E-state index in [1.54, 1.807) is 12.4 Å². The first-order chi connectivity index (χ1) is 15.2. The Morgan fingerprint density at radius 3 is 2.71 bits per heavy atom. The maximum atomic E-state index is 10.8. The van der Waals surface area contributed by atoms with Gasteiger partial charge in [-0.3, -0.25) is 4.98 Å². The molecule has 0 fully saturated rings. The molecule has 5 heteroatoms. The normalized spacial score (nSPS) is 11.2. The maximum absolute atomic E-state index is 10.8. The number of carbonyl (C=O) groups is 1. The predicted octanol–water partition coefficient (Wildman–Crippen LogP) is 5.40. The Kier molecular flexibility index (Phi) is 8.59. The smallest absolute Gasteiger partial charge is 0.123 e. The molecule has 0 aliphatic rings. The van der Waals surface area contributed by atoms with Crippen molar-refractivity contribution in [3.05, 3.63) is 107 Å². The van der Waals surface area contributed by atoms with E-state index in [1.807, 2.05) is 42.5 Å². The molecule has 4 nitrogen and oxygen atoms in total. The number of hydrogen-bond acceptors (Lipinski definition) is 4. The van der Waals surface area contributed by atoms with Gasteiger partial charge in [-0.15, -0.1) is 0 Å². The molecule has 2 N–H and O–H groups in total. The van der Waals surface area contributed by atoms with E-state index in [4.69, 9.17) is 11.6 Å². The predicted molar refractivity (Wildman–Crippen MR) is 129 cm³/mol. The van der Waals surface area contributed by atoms with Crippen molar-refractivity contribution in [1.82, 2.24) is 15.6 Å². The minimum absolute atomic E-state index is 0.337. The molecule has 3 rings (SSSR count). The van der Waals surface area contributed by atoms with Crippen LogP contribution in [0.3, 0.4) is 0 Å². The largest absolute Gasteiger partial charge is 0.362 e. The van der Waals surface area contributed by atoms with Crippen LogP contribution in [-0.4, -0.2) is 17.8 Å². The molecule has 0 amide bonds. The molecule has 0 unspecified atom stereocenters. The number of aromatic nitrogens is 1. The summed E-state index contributed by atoms with van der Waals surface area (Å²) in [5.41, 5.74) is 6.13. The van der Waals surface area contributed by atoms with Crippen LogP contribution in [0.15, 0.2) is 85.7 Å². The van der Waals surface area contributed by atoms with Crippen molar-refractivity contribution in [2.45, 2.75) is 19.4 Å². The minimum Gasteiger partial charge on any atom is -0.362 e. The lowest BCUT2D eigenvalue weighted by Crippen LogP contribution is -2.16. The molecule has 0 radical (unpaired) electrons. The zero-order valence-electron chi connectivity index (χ0n) is 17.4. The van der Waals surface area contributed by atoms with E-state index in [-0.39, 0.29) is 0 Å². The van der Waals surface area contributed by atoms with Gasteiger partial charge in [0.1, 0.15) is 6.29 Å². The molecule has 1 heterocycles. The molecule has 158 valence electrons. The first-order valence-electron chi connectivity index (χ1n) is 10.2. The summed E-state index contributed by atoms with van der Waals surface area (Å²) in [7, 11) is 0. The second kappa shape index (κ2) is 11.8. The molecular weight excluding hydrogens is 406 g/mol. The van der Waals surface area contributed by atoms with Crippen LogP contribution in [0.5, 0.6) is 0 Å². The van der Waals surface area contributed by atoms with Crippen LogP contribution in [0.25, 0.3) is 17.0 Å². The minimum atomic E-state index is 0.337. The molecule has 0 saturated heterocycles. The maximum Gasteiger partial charge on any atom is 0.123 e. The number of aldehydes is 1. The van der Waals surface area contributed by atoms with Crippen LogP contribution in [-0.2, 0) is 17.8 Å². The molecule has 0 saturated carbocycles. The third-order valence-corrected chi connectivity index (χ3v) is 5.01. The number of pyridine rings is 1. The van der Waals surface area contributed by atoms with Gasteiger partial charge in [0.2, 0.25) is 0 Å². The lowest BCUT2D eigenvalue weighted by atomic mass is 10.0. The van der Waals surface area contributed by atoms with Crippen molar-refractivity contribution in [3.63, 3.8) is 0 Å². The fourth-order valence-corrected chi connectivity index (χ4v) is 3.50. The van der Waals surface area contributed by atoms with Gasteiger partial charge in [-0.2, -0.15) is 0 Å². The van der Waals surface area contributed by atoms with Gasteiger partial charge in [0.05, 0.1) is 5.69 Å². The number of carbonyl (C=O) groups excluding carboxylic acids is 1. The van der Waals surface area contributed by atoms with Gasteiger partial charge in [-0.05, 0) is 60.6 Å². The van der Waals surface area contributed by atoms with Gasteiger partial charge in [-0.1, -0.05) is 54.6 Å². The Bertz CT molecular complexity index is 1060. The third-order valence-electron chi connectivity index (χ3n) is 4.78. The first kappa shape index (κ1) is 22.5. The van der Waals surface area contributed by atoms with Crippen molar-refractivity contribution >= 4 is 23.6 Å². The van der Waals surface area contributed by atoms with Gasteiger partial charge in [-0.25, -0.2) is 0 Å². The van der Waals surface area contributed by atoms with Crippen molar-refractivity contribution in [2.24, 2.45) is 0 Å². The van der Waals surface area contributed by atoms with Crippen LogP contribution < -0.4 is 10.6 Å². The van der Waals surface area contributed by atoms with Crippen LogP contribution in [0, 0.1) is 0 Å². The second-order valence-electron chi connectivity index (χ2n) is 7.06. The lowest BCUT2D eigenvalue weighted by molar-refractivity contribution is -0.107. The summed E-state index contributed by atoms with van der Waals surface area (Å²) in [4.78, 5) is 15.3. The fourth-order valence-electron chi connectivity index (χ4n) is 3.29. The van der Waals surface area contributed by atoms with Gasteiger partial charge in [0.25, 0.3) is 0 Å². The average Bonchev–Trinajstić information content (AvgIpc) is 2.80. The Balaban J connectivity index is 1.66. The third kappa shape index (κ3) is 6.92. The number of allylic oxidation sites excluding steroid dienone is 1. The van der Waals surface area contributed by atoms with Gasteiger partial charge in [0, 0.05) is 41.0 Å². The fraction of sp³-hybridized carbons (Fsp3) is 0.154. The Labute approximate surface area is 188 Å². The van der Waals surface area contributed by atoms with E-state index in [0.29, 0.717) is 6.42 Å². The summed E-state index contributed by atoms with van der Waals surface area (Å²) in [6.07, 6.45) is 7.36. The number of hydrogen-bond donors (Lipinski definition) is 2. The van der Waals surface area contributed by atoms with Crippen LogP contribution >= 0.6 is 11.6 Å². The molecule has 2 aromatic carbocycles. The summed E-state index contributed by atoms with van der Waals surface area (Å²) in [6.45, 7) is 5.36. The number of benzene rings is 2. The SMILES string of the molecule is C=CN/C(=C\CC=O)c1ccnc(-c2cccc(CNCCc3cccc(Cl)c3)c2)c1. The molecular formula is C26H26ClN3O. The van der Waals surface area contributed by atoms with Crippen molar-refractivity contribution < 1.29 is 4.79 Å². The Morgan fingerprint density at radius 1 is 1.06 bits per heavy atom. The standard InChI is InChI=1S/C26H26ClN3O/c1-2-29-25(10-5-15-31)23-12-14-30-26(18-23)22-8-3-7-21(16-22)19-28-13-11-20-6-4-9-24(27)17-20/h2-4,6-10,12,14-18,28-29H,1,5,11,13,19H2/b25-10-. The zero-order chi connectivity index (χ0) is 21.9. The van der Waals surface area contributed by atoms with E-state index in [9.17, 15) is 4.79 Å². The highest BCUT2D eigenvalue weighted by Gasteiger charge is 2.06. The number of rotatable bonds is 11. The van der Waals surface area contributed by atoms with E-state index in [2.05, 4.69) is 46.5 Å². The average molecular weight is 432 g/mol. The van der Waals surface area contributed by atoms with E-state index >= 15 is 0 Å². The highest BCUT2D eigenvalue weighted by molar-refractivity contribution is 6.30. The van der Waals surface area contributed by atoms with Crippen LogP contribution in [0.4, 0.5) is 0 Å². The topological polar surface area (TPSA) is 54.0 Å². The monoisotopic (exact) mass is 431 g/mol. The van der Waals surface area contributed by atoms with Crippen molar-refractivity contribution in [1.29, 1.82) is 0 Å². The molecule has 0 aliphatic heterocycles. The van der Waals surface area contributed by atoms with E-state index < -0.39 is 0 Å². The number of halogens is 1. The summed E-state index contributed by atoms with van der Waals surface area (Å²) >= 11 is 6.05. The summed E-state index contributed by atoms with van der Waals surface area (Å²) in [6, 6.07) is 20.2. The number of nitrogens with one attached hydrogen (secondary N) is 2. The summed E-state index contributed by atoms with van der Waals surface area (Å²) < 4.78 is 0. The molecule has 3 aromatic rings. The van der Waals surface area contributed by atoms with E-state index in [0.717, 1.165) is 53.3 Å². The number of nitrogens with zero attached hydrogens (tertiary/aromatic N) is 1. The zero-order valence-corrected chi connectivity index (χ0v) is 18.1. The summed E-state index contributed by atoms with van der Waals surface area (Å²) in [5.74, 6) is 0. The van der Waals surface area contributed by atoms with Crippen molar-refractivity contribution in [2.75, 3.05) is 6.54 Å². The van der Waals surface area contributed by atoms with Gasteiger partial charge >= 0.3 is 0 Å². The molecule has 0 aliphatic carbocycles. The molecule has 0 atom stereocenters. The van der Waals surface area contributed by atoms with Gasteiger partial charge < -0.3 is 15.4 Å². The molecule has 0 bridgehead atoms. The quantitative estimate of drug-likeness (QED) is 0.315. The highest BCUT2D eigenvalue weighted by Crippen LogP contribution is 2.22. The van der Waals surface area contributed by atoms with Gasteiger partial charge in [0.15, 0.2) is 0 Å². The second-order valence-corrected chi connectivity index (χ2v) is 7.49. The highest BCUT2D eigenvalue weighted by atomic mass is 35.5. The Hall–Kier alpha value is -3.21. The molecule has 31 heavy (non-hydrogen) atoms. The van der Waals surface area contributed by atoms with Crippen molar-refractivity contribution in [3.8, 4) is 11.3 Å². The lowest BCUT2D eigenvalue weighted by Gasteiger charge is -2.10. The first-order valence-corrected chi connectivity index (χ1v) is 10.6. The Morgan fingerprint density at radius 2 is 1.90 bits per heavy atom. The van der Waals surface area contributed by atoms with E-state index in [1.165, 1.54) is 11.1 Å². The summed E-state index contributed by atoms with van der Waals surface area (Å²) in [5, 5.41) is 7.36. The molecule has 1 aromatic heterocycles. The van der Waals surface area contributed by atoms with Crippen LogP contribution in [0.1, 0.15) is 23.1 Å².